The third-order valence-electron chi connectivity index (χ3n) is 1.79. The molecule has 1 aromatic rings. The van der Waals surface area contributed by atoms with Crippen molar-refractivity contribution in [3.63, 3.8) is 0 Å². The number of nitrogens with zero attached hydrogens (tertiary/aromatic N) is 2. The Labute approximate surface area is 90.7 Å². The Morgan fingerprint density at radius 1 is 1.29 bits per heavy atom. The highest BCUT2D eigenvalue weighted by atomic mass is 79.9. The lowest BCUT2D eigenvalue weighted by Gasteiger charge is -2.15. The molecule has 6 heteroatoms. The van der Waals surface area contributed by atoms with Gasteiger partial charge in [-0.25, -0.2) is 0 Å². The minimum atomic E-state index is -0.584. The molecule has 0 saturated heterocycles. The monoisotopic (exact) mass is 261 g/mol. The quantitative estimate of drug-likeness (QED) is 0.834. The molecule has 0 amide bonds. The summed E-state index contributed by atoms with van der Waals surface area (Å²) in [6, 6.07) is 0. The van der Waals surface area contributed by atoms with E-state index in [9.17, 15) is 0 Å². The molecule has 0 radical (unpaired) electrons. The summed E-state index contributed by atoms with van der Waals surface area (Å²) in [7, 11) is 3.03. The maximum atomic E-state index is 5.83. The first kappa shape index (κ1) is 11.4. The molecule has 0 spiro atoms. The Morgan fingerprint density at radius 2 is 1.86 bits per heavy atom. The van der Waals surface area contributed by atoms with Gasteiger partial charge in [-0.1, -0.05) is 0 Å². The highest BCUT2D eigenvalue weighted by Crippen LogP contribution is 2.28. The van der Waals surface area contributed by atoms with Crippen molar-refractivity contribution in [3.8, 4) is 0 Å². The zero-order chi connectivity index (χ0) is 10.7. The van der Waals surface area contributed by atoms with Gasteiger partial charge in [-0.3, -0.25) is 0 Å². The molecule has 0 bridgehead atoms. The standard InChI is InChI=1S/C8H12BrN3O2/c1-4-5(9)6(10)7(12-11-4)8(13-2)14-3/h8H,1-3H3,(H2,10,11). The summed E-state index contributed by atoms with van der Waals surface area (Å²) >= 11 is 3.32. The number of methoxy groups -OCH3 is 2. The van der Waals surface area contributed by atoms with Gasteiger partial charge in [0.1, 0.15) is 5.69 Å². The van der Waals surface area contributed by atoms with Crippen LogP contribution in [0.25, 0.3) is 0 Å². The maximum Gasteiger partial charge on any atom is 0.204 e. The van der Waals surface area contributed by atoms with Crippen molar-refractivity contribution in [3.05, 3.63) is 15.9 Å². The molecule has 0 aliphatic rings. The number of hydrogen-bond donors (Lipinski definition) is 1. The Bertz CT molecular complexity index is 329. The molecule has 0 fully saturated rings. The van der Waals surface area contributed by atoms with Gasteiger partial charge in [0.15, 0.2) is 0 Å². The molecule has 2 N–H and O–H groups in total. The van der Waals surface area contributed by atoms with E-state index < -0.39 is 6.29 Å². The van der Waals surface area contributed by atoms with Crippen molar-refractivity contribution in [1.82, 2.24) is 10.2 Å². The van der Waals surface area contributed by atoms with Gasteiger partial charge in [-0.05, 0) is 22.9 Å². The molecule has 1 heterocycles. The number of aryl methyl sites for hydroxylation is 1. The summed E-state index contributed by atoms with van der Waals surface area (Å²) in [5, 5.41) is 7.85. The predicted octanol–water partition coefficient (Wildman–Crippen LogP) is 1.42. The number of ether oxygens (including phenoxy) is 2. The van der Waals surface area contributed by atoms with Crippen LogP contribution in [0.4, 0.5) is 5.69 Å². The fourth-order valence-electron chi connectivity index (χ4n) is 1.03. The number of aromatic nitrogens is 2. The Balaban J connectivity index is 3.16. The Morgan fingerprint density at radius 3 is 2.36 bits per heavy atom. The molecular weight excluding hydrogens is 250 g/mol. The zero-order valence-electron chi connectivity index (χ0n) is 8.24. The minimum Gasteiger partial charge on any atom is -0.396 e. The lowest BCUT2D eigenvalue weighted by molar-refractivity contribution is -0.108. The van der Waals surface area contributed by atoms with E-state index >= 15 is 0 Å². The second-order valence-electron chi connectivity index (χ2n) is 2.70. The SMILES string of the molecule is COC(OC)c1nnc(C)c(Br)c1N. The molecule has 0 unspecified atom stereocenters. The smallest absolute Gasteiger partial charge is 0.204 e. The third kappa shape index (κ3) is 2.02. The van der Waals surface area contributed by atoms with Crippen molar-refractivity contribution in [2.45, 2.75) is 13.2 Å². The van der Waals surface area contributed by atoms with Gasteiger partial charge in [0.05, 0.1) is 15.9 Å². The van der Waals surface area contributed by atoms with E-state index in [2.05, 4.69) is 26.1 Å². The molecule has 0 aliphatic carbocycles. The summed E-state index contributed by atoms with van der Waals surface area (Å²) in [6.45, 7) is 1.81. The van der Waals surface area contributed by atoms with E-state index in [-0.39, 0.29) is 0 Å². The van der Waals surface area contributed by atoms with Gasteiger partial charge in [0.2, 0.25) is 6.29 Å². The van der Waals surface area contributed by atoms with Crippen LogP contribution in [0.5, 0.6) is 0 Å². The second-order valence-corrected chi connectivity index (χ2v) is 3.49. The van der Waals surface area contributed by atoms with Gasteiger partial charge >= 0.3 is 0 Å². The van der Waals surface area contributed by atoms with Crippen molar-refractivity contribution in [2.24, 2.45) is 0 Å². The van der Waals surface area contributed by atoms with E-state index in [1.807, 2.05) is 6.92 Å². The average Bonchev–Trinajstić information content (AvgIpc) is 2.19. The zero-order valence-corrected chi connectivity index (χ0v) is 9.83. The first-order valence-corrected chi connectivity index (χ1v) is 4.74. The molecule has 1 aromatic heterocycles. The molecule has 0 aromatic carbocycles. The van der Waals surface area contributed by atoms with Gasteiger partial charge in [-0.15, -0.1) is 5.10 Å². The molecular formula is C8H12BrN3O2. The molecule has 78 valence electrons. The lowest BCUT2D eigenvalue weighted by Crippen LogP contribution is -2.11. The molecule has 0 saturated carbocycles. The number of anilines is 1. The first-order chi connectivity index (χ1) is 6.61. The summed E-state index contributed by atoms with van der Waals surface area (Å²) < 4.78 is 10.8. The topological polar surface area (TPSA) is 70.3 Å². The van der Waals surface area contributed by atoms with Crippen molar-refractivity contribution in [1.29, 1.82) is 0 Å². The largest absolute Gasteiger partial charge is 0.396 e. The van der Waals surface area contributed by atoms with Crippen LogP contribution in [0.3, 0.4) is 0 Å². The van der Waals surface area contributed by atoms with Crippen LogP contribution in [-0.2, 0) is 9.47 Å². The van der Waals surface area contributed by atoms with Crippen LogP contribution >= 0.6 is 15.9 Å². The third-order valence-corrected chi connectivity index (χ3v) is 2.79. The van der Waals surface area contributed by atoms with Gasteiger partial charge < -0.3 is 15.2 Å². The van der Waals surface area contributed by atoms with Crippen LogP contribution in [0.1, 0.15) is 17.7 Å². The van der Waals surface area contributed by atoms with E-state index in [1.54, 1.807) is 0 Å². The Kier molecular flexibility index (Phi) is 3.79. The van der Waals surface area contributed by atoms with Gasteiger partial charge in [0.25, 0.3) is 0 Å². The molecule has 0 aliphatic heterocycles. The normalized spacial score (nSPS) is 10.9. The number of hydrogen-bond acceptors (Lipinski definition) is 5. The van der Waals surface area contributed by atoms with E-state index in [0.29, 0.717) is 11.4 Å². The number of nitrogen functional groups attached to an aromatic ring is 1. The minimum absolute atomic E-state index is 0.479. The van der Waals surface area contributed by atoms with Crippen LogP contribution in [0.2, 0.25) is 0 Å². The van der Waals surface area contributed by atoms with Crippen LogP contribution < -0.4 is 5.73 Å². The van der Waals surface area contributed by atoms with Gasteiger partial charge in [-0.2, -0.15) is 5.10 Å². The maximum absolute atomic E-state index is 5.83. The first-order valence-electron chi connectivity index (χ1n) is 3.95. The predicted molar refractivity (Wildman–Crippen MR) is 55.6 cm³/mol. The number of rotatable bonds is 3. The fourth-order valence-corrected chi connectivity index (χ4v) is 1.31. The second kappa shape index (κ2) is 4.68. The lowest BCUT2D eigenvalue weighted by atomic mass is 10.3. The molecule has 14 heavy (non-hydrogen) atoms. The summed E-state index contributed by atoms with van der Waals surface area (Å²) in [6.07, 6.45) is -0.584. The molecule has 5 nitrogen and oxygen atoms in total. The number of nitrogens with two attached hydrogens (primary N) is 1. The fraction of sp³-hybridized carbons (Fsp3) is 0.500. The van der Waals surface area contributed by atoms with Crippen LogP contribution in [0, 0.1) is 6.92 Å². The highest BCUT2D eigenvalue weighted by molar-refractivity contribution is 9.10. The van der Waals surface area contributed by atoms with Crippen molar-refractivity contribution < 1.29 is 9.47 Å². The van der Waals surface area contributed by atoms with E-state index in [4.69, 9.17) is 15.2 Å². The van der Waals surface area contributed by atoms with Crippen LogP contribution in [-0.4, -0.2) is 24.4 Å². The average molecular weight is 262 g/mol. The molecule has 0 atom stereocenters. The summed E-state index contributed by atoms with van der Waals surface area (Å²) in [5.74, 6) is 0. The summed E-state index contributed by atoms with van der Waals surface area (Å²) in [4.78, 5) is 0. The highest BCUT2D eigenvalue weighted by Gasteiger charge is 2.18. The van der Waals surface area contributed by atoms with Gasteiger partial charge in [0, 0.05) is 14.2 Å². The number of halogens is 1. The van der Waals surface area contributed by atoms with E-state index in [1.165, 1.54) is 14.2 Å². The summed E-state index contributed by atoms with van der Waals surface area (Å²) in [5.41, 5.74) is 7.53. The van der Waals surface area contributed by atoms with Crippen LogP contribution in [0.15, 0.2) is 4.47 Å². The molecule has 1 rings (SSSR count). The Hall–Kier alpha value is -0.720. The van der Waals surface area contributed by atoms with Crippen molar-refractivity contribution >= 4 is 21.6 Å². The van der Waals surface area contributed by atoms with Crippen molar-refractivity contribution in [2.75, 3.05) is 20.0 Å². The van der Waals surface area contributed by atoms with E-state index in [0.717, 1.165) is 10.2 Å².